The lowest BCUT2D eigenvalue weighted by Gasteiger charge is -2.27. The summed E-state index contributed by atoms with van der Waals surface area (Å²) in [5, 5.41) is 0. The Labute approximate surface area is 236 Å². The number of carbonyl (C=O) groups is 3. The van der Waals surface area contributed by atoms with Gasteiger partial charge in [0.05, 0.1) is 24.4 Å². The number of hydrogen-bond acceptors (Lipinski definition) is 7. The molecule has 7 nitrogen and oxygen atoms in total. The second kappa shape index (κ2) is 15.5. The first-order valence-electron chi connectivity index (χ1n) is 13.8. The van der Waals surface area contributed by atoms with Crippen molar-refractivity contribution in [2.45, 2.75) is 64.4 Å². The van der Waals surface area contributed by atoms with E-state index in [1.807, 2.05) is 12.1 Å². The Kier molecular flexibility index (Phi) is 11.8. The number of benzene rings is 2. The van der Waals surface area contributed by atoms with Crippen LogP contribution in [0, 0.1) is 0 Å². The predicted octanol–water partition coefficient (Wildman–Crippen LogP) is 6.71. The summed E-state index contributed by atoms with van der Waals surface area (Å²) >= 11 is 0. The Morgan fingerprint density at radius 1 is 0.875 bits per heavy atom. The smallest absolute Gasteiger partial charge is 0.343 e. The molecule has 0 saturated carbocycles. The number of esters is 3. The largest absolute Gasteiger partial charge is 0.494 e. The molecule has 0 aromatic heterocycles. The number of carbonyl (C=O) groups excluding carboxylic acids is 3. The average Bonchev–Trinajstić information content (AvgIpc) is 2.97. The predicted molar refractivity (Wildman–Crippen MR) is 153 cm³/mol. The highest BCUT2D eigenvalue weighted by Crippen LogP contribution is 2.27. The molecule has 0 heterocycles. The average molecular weight is 547 g/mol. The normalized spacial score (nSPS) is 16.0. The topological polar surface area (TPSA) is 88.1 Å². The van der Waals surface area contributed by atoms with Crippen LogP contribution in [0.4, 0.5) is 0 Å². The molecule has 0 saturated heterocycles. The molecule has 212 valence electrons. The Bertz CT molecular complexity index is 1210. The van der Waals surface area contributed by atoms with Gasteiger partial charge in [-0.3, -0.25) is 0 Å². The Hall–Kier alpha value is -4.13. The molecule has 0 aliphatic heterocycles. The molecule has 1 aliphatic rings. The van der Waals surface area contributed by atoms with Crippen LogP contribution in [0.5, 0.6) is 11.5 Å². The Morgan fingerprint density at radius 3 is 2.15 bits per heavy atom. The van der Waals surface area contributed by atoms with Crippen LogP contribution >= 0.6 is 0 Å². The maximum atomic E-state index is 12.8. The Morgan fingerprint density at radius 2 is 1.52 bits per heavy atom. The highest BCUT2D eigenvalue weighted by molar-refractivity contribution is 5.94. The van der Waals surface area contributed by atoms with Crippen LogP contribution in [0.2, 0.25) is 0 Å². The van der Waals surface area contributed by atoms with Crippen LogP contribution < -0.4 is 9.47 Å². The van der Waals surface area contributed by atoms with Crippen LogP contribution in [0.1, 0.15) is 68.3 Å². The van der Waals surface area contributed by atoms with E-state index in [2.05, 4.69) is 13.5 Å². The van der Waals surface area contributed by atoms with E-state index in [9.17, 15) is 14.4 Å². The third-order valence-electron chi connectivity index (χ3n) is 6.50. The minimum absolute atomic E-state index is 0.357. The molecule has 7 heteroatoms. The standard InChI is InChI=1S/C33H38O7/c1-4-25-11-15-29(16-12-25)39-31(35)27-19-21-33(3,22-20-27)40-32(36)26-13-17-28(18-14-26)37-23-9-7-6-8-10-24-38-30(34)5-2/h5,11-21H,2,4,6-10,22-24H2,1,3H3. The molecule has 1 atom stereocenters. The SMILES string of the molecule is C=CC(=O)OCCCCCCCOc1ccc(C(=O)OC2(C)C=CC(C(=O)Oc3ccc(CC)cc3)=CC2)cc1. The first-order valence-corrected chi connectivity index (χ1v) is 13.8. The van der Waals surface area contributed by atoms with Gasteiger partial charge in [0.1, 0.15) is 17.1 Å². The van der Waals surface area contributed by atoms with Gasteiger partial charge >= 0.3 is 17.9 Å². The maximum absolute atomic E-state index is 12.8. The van der Waals surface area contributed by atoms with Gasteiger partial charge in [-0.2, -0.15) is 0 Å². The molecule has 1 unspecified atom stereocenters. The van der Waals surface area contributed by atoms with Crippen LogP contribution in [0.15, 0.2) is 85.0 Å². The third kappa shape index (κ3) is 9.88. The van der Waals surface area contributed by atoms with Crippen LogP contribution in [-0.2, 0) is 25.5 Å². The summed E-state index contributed by atoms with van der Waals surface area (Å²) in [6.07, 6.45) is 12.3. The Balaban J connectivity index is 1.36. The van der Waals surface area contributed by atoms with Gasteiger partial charge in [-0.15, -0.1) is 0 Å². The molecule has 0 amide bonds. The summed E-state index contributed by atoms with van der Waals surface area (Å²) in [7, 11) is 0. The van der Waals surface area contributed by atoms with Crippen LogP contribution in [0.3, 0.4) is 0 Å². The number of unbranched alkanes of at least 4 members (excludes halogenated alkanes) is 4. The molecular weight excluding hydrogens is 508 g/mol. The van der Waals surface area contributed by atoms with Gasteiger partial charge < -0.3 is 18.9 Å². The lowest BCUT2D eigenvalue weighted by molar-refractivity contribution is -0.137. The van der Waals surface area contributed by atoms with E-state index in [0.29, 0.717) is 42.3 Å². The van der Waals surface area contributed by atoms with Gasteiger partial charge in [0.2, 0.25) is 0 Å². The van der Waals surface area contributed by atoms with Gasteiger partial charge in [0, 0.05) is 12.5 Å². The molecule has 2 aromatic carbocycles. The van der Waals surface area contributed by atoms with Crippen molar-refractivity contribution < 1.29 is 33.3 Å². The molecular formula is C33H38O7. The maximum Gasteiger partial charge on any atom is 0.343 e. The number of rotatable bonds is 15. The zero-order valence-electron chi connectivity index (χ0n) is 23.4. The summed E-state index contributed by atoms with van der Waals surface area (Å²) < 4.78 is 21.9. The minimum atomic E-state index is -0.869. The molecule has 0 bridgehead atoms. The zero-order valence-corrected chi connectivity index (χ0v) is 23.4. The monoisotopic (exact) mass is 546 g/mol. The van der Waals surface area contributed by atoms with Crippen LogP contribution in [-0.4, -0.2) is 36.7 Å². The highest BCUT2D eigenvalue weighted by Gasteiger charge is 2.29. The number of hydrogen-bond donors (Lipinski definition) is 0. The highest BCUT2D eigenvalue weighted by atomic mass is 16.6. The summed E-state index contributed by atoms with van der Waals surface area (Å²) in [5.41, 5.74) is 1.14. The second-order valence-electron chi connectivity index (χ2n) is 9.80. The second-order valence-corrected chi connectivity index (χ2v) is 9.80. The van der Waals surface area contributed by atoms with E-state index in [1.165, 1.54) is 11.6 Å². The van der Waals surface area contributed by atoms with Crippen molar-refractivity contribution in [1.29, 1.82) is 0 Å². The van der Waals surface area contributed by atoms with Crippen molar-refractivity contribution in [2.24, 2.45) is 0 Å². The summed E-state index contributed by atoms with van der Waals surface area (Å²) in [6, 6.07) is 14.3. The van der Waals surface area contributed by atoms with E-state index in [-0.39, 0.29) is 5.97 Å². The lowest BCUT2D eigenvalue weighted by atomic mass is 9.93. The van der Waals surface area contributed by atoms with E-state index >= 15 is 0 Å². The number of ether oxygens (including phenoxy) is 4. The molecule has 0 N–H and O–H groups in total. The fourth-order valence-electron chi connectivity index (χ4n) is 4.02. The molecule has 3 rings (SSSR count). The van der Waals surface area contributed by atoms with Gasteiger partial charge in [0.25, 0.3) is 0 Å². The first kappa shape index (κ1) is 30.4. The molecule has 1 aliphatic carbocycles. The van der Waals surface area contributed by atoms with E-state index in [1.54, 1.807) is 61.5 Å². The van der Waals surface area contributed by atoms with Gasteiger partial charge in [-0.05, 0) is 80.3 Å². The summed E-state index contributed by atoms with van der Waals surface area (Å²) in [5.74, 6) is -0.104. The first-order chi connectivity index (χ1) is 19.3. The summed E-state index contributed by atoms with van der Waals surface area (Å²) in [4.78, 5) is 36.3. The van der Waals surface area contributed by atoms with Crippen molar-refractivity contribution in [3.8, 4) is 11.5 Å². The molecule has 0 spiro atoms. The molecule has 0 fully saturated rings. The van der Waals surface area contributed by atoms with Crippen molar-refractivity contribution >= 4 is 17.9 Å². The van der Waals surface area contributed by atoms with Crippen molar-refractivity contribution in [3.05, 3.63) is 96.1 Å². The summed E-state index contributed by atoms with van der Waals surface area (Å²) in [6.45, 7) is 8.24. The molecule has 0 radical (unpaired) electrons. The van der Waals surface area contributed by atoms with Crippen molar-refractivity contribution in [1.82, 2.24) is 0 Å². The molecule has 2 aromatic rings. The van der Waals surface area contributed by atoms with E-state index < -0.39 is 17.5 Å². The quantitative estimate of drug-likeness (QED) is 0.106. The fraction of sp³-hybridized carbons (Fsp3) is 0.364. The minimum Gasteiger partial charge on any atom is -0.494 e. The van der Waals surface area contributed by atoms with Crippen molar-refractivity contribution in [2.75, 3.05) is 13.2 Å². The van der Waals surface area contributed by atoms with Gasteiger partial charge in [0.15, 0.2) is 0 Å². The third-order valence-corrected chi connectivity index (χ3v) is 6.50. The van der Waals surface area contributed by atoms with Gasteiger partial charge in [-0.25, -0.2) is 14.4 Å². The molecule has 40 heavy (non-hydrogen) atoms. The van der Waals surface area contributed by atoms with Crippen LogP contribution in [0.25, 0.3) is 0 Å². The lowest BCUT2D eigenvalue weighted by Crippen LogP contribution is -2.31. The van der Waals surface area contributed by atoms with Crippen molar-refractivity contribution in [3.63, 3.8) is 0 Å². The number of aryl methyl sites for hydroxylation is 1. The van der Waals surface area contributed by atoms with Gasteiger partial charge in [-0.1, -0.05) is 51.0 Å². The van der Waals surface area contributed by atoms with E-state index in [0.717, 1.165) is 38.5 Å². The fourth-order valence-corrected chi connectivity index (χ4v) is 4.02. The van der Waals surface area contributed by atoms with E-state index in [4.69, 9.17) is 18.9 Å². The zero-order chi connectivity index (χ0) is 28.8.